The Hall–Kier alpha value is -2.65. The summed E-state index contributed by atoms with van der Waals surface area (Å²) in [7, 11) is 0. The van der Waals surface area contributed by atoms with Gasteiger partial charge in [0.15, 0.2) is 0 Å². The van der Waals surface area contributed by atoms with Crippen molar-refractivity contribution in [2.24, 2.45) is 0 Å². The minimum atomic E-state index is -5.03. The van der Waals surface area contributed by atoms with E-state index >= 15 is 0 Å². The minimum absolute atomic E-state index is 0.178. The number of aromatic amines is 2. The average molecular weight is 448 g/mol. The topological polar surface area (TPSA) is 78.2 Å². The zero-order chi connectivity index (χ0) is 21.2. The van der Waals surface area contributed by atoms with E-state index in [0.29, 0.717) is 26.5 Å². The first-order valence-corrected chi connectivity index (χ1v) is 9.04. The Balaban J connectivity index is 1.75. The highest BCUT2D eigenvalue weighted by Crippen LogP contribution is 2.27. The maximum atomic E-state index is 13.0. The van der Waals surface area contributed by atoms with Gasteiger partial charge in [-0.15, -0.1) is 0 Å². The van der Waals surface area contributed by atoms with Crippen LogP contribution in [0.3, 0.4) is 0 Å². The summed E-state index contributed by atoms with van der Waals surface area (Å²) >= 11 is 11.7. The number of ether oxygens (including phenoxy) is 1. The highest BCUT2D eigenvalue weighted by molar-refractivity contribution is 6.31. The van der Waals surface area contributed by atoms with Gasteiger partial charge < -0.3 is 19.6 Å². The Bertz CT molecular complexity index is 1080. The molecule has 29 heavy (non-hydrogen) atoms. The number of benzene rings is 2. The lowest BCUT2D eigenvalue weighted by molar-refractivity contribution is -0.186. The molecule has 1 aromatic heterocycles. The number of nitrogens with one attached hydrogen (secondary N) is 2. The van der Waals surface area contributed by atoms with Crippen LogP contribution in [0.1, 0.15) is 5.56 Å². The summed E-state index contributed by atoms with van der Waals surface area (Å²) in [6, 6.07) is 9.03. The molecule has 6 nitrogen and oxygen atoms in total. The van der Waals surface area contributed by atoms with Gasteiger partial charge in [0.1, 0.15) is 17.9 Å². The van der Waals surface area contributed by atoms with Crippen molar-refractivity contribution in [1.82, 2.24) is 14.9 Å². The van der Waals surface area contributed by atoms with Gasteiger partial charge in [-0.2, -0.15) is 13.2 Å². The van der Waals surface area contributed by atoms with Gasteiger partial charge in [-0.25, -0.2) is 4.79 Å². The van der Waals surface area contributed by atoms with Crippen LogP contribution in [0.25, 0.3) is 11.0 Å². The Morgan fingerprint density at radius 2 is 1.76 bits per heavy atom. The van der Waals surface area contributed by atoms with E-state index in [-0.39, 0.29) is 30.5 Å². The standard InChI is InChI=1S/C18H14Cl2F3N3O3/c19-11-3-1-10(2-4-11)9-26(16(27)18(21,22)23)5-6-29-14-8-12(20)7-13-15(14)25-17(28)24-13/h1-4,7-8H,5-6,9H2,(H2,24,25,28). The van der Waals surface area contributed by atoms with Crippen LogP contribution in [0.5, 0.6) is 5.75 Å². The molecule has 0 fully saturated rings. The predicted molar refractivity (Wildman–Crippen MR) is 102 cm³/mol. The van der Waals surface area contributed by atoms with E-state index in [1.807, 2.05) is 0 Å². The molecule has 0 aliphatic carbocycles. The molecule has 1 amide bonds. The first-order chi connectivity index (χ1) is 13.6. The number of amides is 1. The number of carbonyl (C=O) groups excluding carboxylic acids is 1. The third-order valence-corrected chi connectivity index (χ3v) is 4.46. The zero-order valence-corrected chi connectivity index (χ0v) is 16.2. The van der Waals surface area contributed by atoms with Crippen LogP contribution in [0.2, 0.25) is 10.0 Å². The number of H-pyrrole nitrogens is 2. The molecule has 0 aliphatic rings. The molecule has 0 bridgehead atoms. The maximum Gasteiger partial charge on any atom is 0.471 e. The SMILES string of the molecule is O=C(N(CCOc1cc(Cl)cc2[nH]c(=O)[nH]c12)Cc1ccc(Cl)cc1)C(F)(F)F. The van der Waals surface area contributed by atoms with Gasteiger partial charge >= 0.3 is 17.8 Å². The number of nitrogens with zero attached hydrogens (tertiary/aromatic N) is 1. The summed E-state index contributed by atoms with van der Waals surface area (Å²) in [5, 5.41) is 0.698. The van der Waals surface area contributed by atoms with Crippen molar-refractivity contribution in [3.8, 4) is 5.75 Å². The number of halogens is 5. The summed E-state index contributed by atoms with van der Waals surface area (Å²) in [6.45, 7) is -0.869. The highest BCUT2D eigenvalue weighted by Gasteiger charge is 2.42. The van der Waals surface area contributed by atoms with Crippen LogP contribution >= 0.6 is 23.2 Å². The van der Waals surface area contributed by atoms with Crippen molar-refractivity contribution in [3.63, 3.8) is 0 Å². The number of alkyl halides is 3. The molecule has 0 saturated carbocycles. The molecule has 0 saturated heterocycles. The van der Waals surface area contributed by atoms with Crippen molar-refractivity contribution in [1.29, 1.82) is 0 Å². The van der Waals surface area contributed by atoms with E-state index in [1.54, 1.807) is 0 Å². The first-order valence-electron chi connectivity index (χ1n) is 8.28. The molecule has 11 heteroatoms. The normalized spacial score (nSPS) is 11.6. The van der Waals surface area contributed by atoms with Gasteiger partial charge in [-0.3, -0.25) is 4.79 Å². The number of aromatic nitrogens is 2. The summed E-state index contributed by atoms with van der Waals surface area (Å²) in [4.78, 5) is 28.9. The lowest BCUT2D eigenvalue weighted by Gasteiger charge is -2.24. The second-order valence-electron chi connectivity index (χ2n) is 6.11. The highest BCUT2D eigenvalue weighted by atomic mass is 35.5. The van der Waals surface area contributed by atoms with Gasteiger partial charge in [-0.05, 0) is 23.8 Å². The van der Waals surface area contributed by atoms with Crippen LogP contribution in [0, 0.1) is 0 Å². The minimum Gasteiger partial charge on any atom is -0.489 e. The van der Waals surface area contributed by atoms with E-state index in [4.69, 9.17) is 27.9 Å². The summed E-state index contributed by atoms with van der Waals surface area (Å²) < 4.78 is 44.4. The number of rotatable bonds is 6. The molecule has 154 valence electrons. The second-order valence-corrected chi connectivity index (χ2v) is 6.98. The van der Waals surface area contributed by atoms with Gasteiger partial charge in [-0.1, -0.05) is 35.3 Å². The van der Waals surface area contributed by atoms with E-state index in [0.717, 1.165) is 0 Å². The third kappa shape index (κ3) is 5.24. The maximum absolute atomic E-state index is 13.0. The number of hydrogen-bond donors (Lipinski definition) is 2. The molecule has 3 rings (SSSR count). The summed E-state index contributed by atoms with van der Waals surface area (Å²) in [5.74, 6) is -1.81. The largest absolute Gasteiger partial charge is 0.489 e. The predicted octanol–water partition coefficient (Wildman–Crippen LogP) is 4.13. The molecule has 0 atom stereocenters. The fraction of sp³-hybridized carbons (Fsp3) is 0.222. The smallest absolute Gasteiger partial charge is 0.471 e. The first kappa shape index (κ1) is 21.1. The Morgan fingerprint density at radius 3 is 2.41 bits per heavy atom. The van der Waals surface area contributed by atoms with Crippen LogP contribution < -0.4 is 10.4 Å². The molecular weight excluding hydrogens is 434 g/mol. The molecule has 0 unspecified atom stereocenters. The van der Waals surface area contributed by atoms with Gasteiger partial charge in [0.25, 0.3) is 0 Å². The second kappa shape index (κ2) is 8.38. The van der Waals surface area contributed by atoms with Gasteiger partial charge in [0, 0.05) is 22.7 Å². The van der Waals surface area contributed by atoms with Crippen molar-refractivity contribution in [2.75, 3.05) is 13.2 Å². The number of carbonyl (C=O) groups is 1. The van der Waals surface area contributed by atoms with Crippen LogP contribution in [0.15, 0.2) is 41.2 Å². The van der Waals surface area contributed by atoms with Crippen LogP contribution in [0.4, 0.5) is 13.2 Å². The average Bonchev–Trinajstić information content (AvgIpc) is 3.01. The van der Waals surface area contributed by atoms with Crippen LogP contribution in [-0.2, 0) is 11.3 Å². The van der Waals surface area contributed by atoms with E-state index in [9.17, 15) is 22.8 Å². The molecule has 0 aliphatic heterocycles. The molecule has 0 radical (unpaired) electrons. The van der Waals surface area contributed by atoms with Crippen molar-refractivity contribution in [3.05, 3.63) is 62.5 Å². The van der Waals surface area contributed by atoms with Crippen molar-refractivity contribution < 1.29 is 22.7 Å². The fourth-order valence-electron chi connectivity index (χ4n) is 2.70. The zero-order valence-electron chi connectivity index (χ0n) is 14.6. The van der Waals surface area contributed by atoms with E-state index < -0.39 is 17.8 Å². The van der Waals surface area contributed by atoms with Crippen LogP contribution in [-0.4, -0.2) is 40.1 Å². The number of fused-ring (bicyclic) bond motifs is 1. The summed E-state index contributed by atoms with van der Waals surface area (Å²) in [6.07, 6.45) is -5.03. The fourth-order valence-corrected chi connectivity index (χ4v) is 3.03. The molecular formula is C18H14Cl2F3N3O3. The van der Waals surface area contributed by atoms with E-state index in [2.05, 4.69) is 9.97 Å². The lowest BCUT2D eigenvalue weighted by Crippen LogP contribution is -2.42. The number of imidazole rings is 1. The molecule has 2 N–H and O–H groups in total. The van der Waals surface area contributed by atoms with Gasteiger partial charge in [0.2, 0.25) is 0 Å². The van der Waals surface area contributed by atoms with Crippen molar-refractivity contribution >= 4 is 40.1 Å². The van der Waals surface area contributed by atoms with Gasteiger partial charge in [0.05, 0.1) is 12.1 Å². The van der Waals surface area contributed by atoms with Crippen molar-refractivity contribution in [2.45, 2.75) is 12.7 Å². The molecule has 1 heterocycles. The summed E-state index contributed by atoms with van der Waals surface area (Å²) in [5.41, 5.74) is 0.712. The number of hydrogen-bond acceptors (Lipinski definition) is 3. The monoisotopic (exact) mass is 447 g/mol. The third-order valence-electron chi connectivity index (χ3n) is 3.99. The Morgan fingerprint density at radius 1 is 1.07 bits per heavy atom. The molecule has 0 spiro atoms. The lowest BCUT2D eigenvalue weighted by atomic mass is 10.2. The quantitative estimate of drug-likeness (QED) is 0.596. The van der Waals surface area contributed by atoms with E-state index in [1.165, 1.54) is 36.4 Å². The Labute approximate surface area is 172 Å². The molecule has 3 aromatic rings. The molecule has 2 aromatic carbocycles. The Kier molecular flexibility index (Phi) is 6.09.